The van der Waals surface area contributed by atoms with Crippen molar-refractivity contribution in [3.63, 3.8) is 0 Å². The molecule has 17 nitrogen and oxygen atoms in total. The summed E-state index contributed by atoms with van der Waals surface area (Å²) in [4.78, 5) is 88.3. The van der Waals surface area contributed by atoms with Crippen LogP contribution in [0, 0.1) is 11.8 Å². The van der Waals surface area contributed by atoms with Crippen molar-refractivity contribution >= 4 is 46.6 Å². The molecule has 1 fully saturated rings. The summed E-state index contributed by atoms with van der Waals surface area (Å²) in [7, 11) is 1.22. The number of nitrogens with zero attached hydrogens (tertiary/aromatic N) is 3. The first-order chi connectivity index (χ1) is 30.7. The van der Waals surface area contributed by atoms with E-state index >= 15 is 0 Å². The van der Waals surface area contributed by atoms with E-state index in [9.17, 15) is 28.8 Å². The lowest BCUT2D eigenvalue weighted by molar-refractivity contribution is -0.248. The zero-order chi connectivity index (χ0) is 47.3. The van der Waals surface area contributed by atoms with Gasteiger partial charge in [0, 0.05) is 53.7 Å². The molecule has 2 aromatic heterocycles. The van der Waals surface area contributed by atoms with Crippen LogP contribution in [0.4, 0.5) is 10.5 Å². The topological polar surface area (TPSA) is 214 Å². The van der Waals surface area contributed by atoms with Crippen LogP contribution in [-0.4, -0.2) is 88.2 Å². The molecule has 7 rings (SSSR count). The lowest BCUT2D eigenvalue weighted by atomic mass is 9.83. The smallest absolute Gasteiger partial charge is 0.410 e. The number of ether oxygens (including phenoxy) is 7. The average molecular weight is 897 g/mol. The van der Waals surface area contributed by atoms with Gasteiger partial charge in [0.15, 0.2) is 12.2 Å². The number of nitrogen functional groups attached to an aromatic ring is 1. The molecule has 0 unspecified atom stereocenters. The van der Waals surface area contributed by atoms with Crippen LogP contribution < -0.4 is 16.0 Å². The van der Waals surface area contributed by atoms with E-state index in [1.54, 1.807) is 36.3 Å². The first-order valence-electron chi connectivity index (χ1n) is 21.7. The lowest BCUT2D eigenvalue weighted by Crippen LogP contribution is -2.55. The van der Waals surface area contributed by atoms with Gasteiger partial charge in [-0.25, -0.2) is 24.2 Å². The van der Waals surface area contributed by atoms with E-state index in [-0.39, 0.29) is 53.7 Å². The van der Waals surface area contributed by atoms with Crippen LogP contribution >= 0.6 is 0 Å². The number of carbonyl (C=O) groups excluding carboxylic acids is 5. The van der Waals surface area contributed by atoms with Crippen LogP contribution in [-0.2, 0) is 68.0 Å². The molecule has 0 aliphatic carbocycles. The van der Waals surface area contributed by atoms with Gasteiger partial charge in [0.2, 0.25) is 11.9 Å². The Balaban J connectivity index is 1.27. The van der Waals surface area contributed by atoms with Crippen molar-refractivity contribution < 1.29 is 57.1 Å². The summed E-state index contributed by atoms with van der Waals surface area (Å²) in [6, 6.07) is 13.2. The number of rotatable bonds is 11. The molecule has 1 amide bonds. The molecule has 346 valence electrons. The lowest BCUT2D eigenvalue weighted by Gasteiger charge is -2.42. The molecule has 65 heavy (non-hydrogen) atoms. The van der Waals surface area contributed by atoms with Crippen molar-refractivity contribution in [1.82, 2.24) is 14.5 Å². The summed E-state index contributed by atoms with van der Waals surface area (Å²) in [6.45, 7) is 15.8. The highest BCUT2D eigenvalue weighted by molar-refractivity contribution is 5.97. The Morgan fingerprint density at radius 2 is 1.75 bits per heavy atom. The predicted molar refractivity (Wildman–Crippen MR) is 236 cm³/mol. The maximum atomic E-state index is 14.6. The van der Waals surface area contributed by atoms with Crippen molar-refractivity contribution in [1.29, 1.82) is 0 Å². The van der Waals surface area contributed by atoms with Crippen molar-refractivity contribution in [2.24, 2.45) is 11.8 Å². The van der Waals surface area contributed by atoms with Crippen LogP contribution in [0.2, 0.25) is 0 Å². The number of hydrogen-bond acceptors (Lipinski definition) is 15. The number of amides is 1. The molecule has 0 bridgehead atoms. The Kier molecular flexibility index (Phi) is 12.8. The van der Waals surface area contributed by atoms with Gasteiger partial charge in [0.1, 0.15) is 23.5 Å². The highest BCUT2D eigenvalue weighted by Crippen LogP contribution is 2.44. The minimum Gasteiger partial charge on any atom is -0.467 e. The van der Waals surface area contributed by atoms with E-state index < -0.39 is 77.1 Å². The molecule has 0 spiro atoms. The van der Waals surface area contributed by atoms with E-state index in [0.29, 0.717) is 29.9 Å². The minimum atomic E-state index is -2.10. The van der Waals surface area contributed by atoms with Crippen LogP contribution in [0.3, 0.4) is 0 Å². The second kappa shape index (κ2) is 17.8. The number of pyridine rings is 2. The second-order valence-electron chi connectivity index (χ2n) is 18.0. The fraction of sp³-hybridized carbons (Fsp3) is 0.479. The molecule has 2 aromatic carbocycles. The molecule has 0 saturated carbocycles. The van der Waals surface area contributed by atoms with Crippen LogP contribution in [0.15, 0.2) is 53.3 Å². The van der Waals surface area contributed by atoms with Gasteiger partial charge in [-0.15, -0.1) is 0 Å². The van der Waals surface area contributed by atoms with Crippen molar-refractivity contribution in [2.75, 3.05) is 19.4 Å². The number of hydrogen-bond donors (Lipinski definition) is 1. The van der Waals surface area contributed by atoms with Gasteiger partial charge in [-0.1, -0.05) is 39.0 Å². The molecule has 5 heterocycles. The number of para-hydroxylation sites is 1. The molecule has 1 saturated heterocycles. The van der Waals surface area contributed by atoms with E-state index in [1.165, 1.54) is 32.2 Å². The number of esters is 4. The zero-order valence-electron chi connectivity index (χ0n) is 38.3. The standard InChI is InChI=1S/C48H56N4O13/c1-11-48(64-42(55)31-17-16-28(49)20-37(31)62-44-40(61-27(6)53)26(5)25(4)39(63-44)43(56)59-10)34-21-36-38-32(22-52(36)41(54)33(34)23-60-45(48)57)29(30-14-12-13-15-35(30)50-38)18-19-51(24(2)3)46(58)65-47(7,8)9/h12-17,20-21,24-26,39-40,44H,11,18-19,22-23,49H2,1-10H3/t25-,26-,39-,40+,44+,48-/m0/s1. The average Bonchev–Trinajstić information content (AvgIpc) is 3.61. The summed E-state index contributed by atoms with van der Waals surface area (Å²) in [5.41, 5.74) is 6.47. The predicted octanol–water partition coefficient (Wildman–Crippen LogP) is 6.20. The molecule has 17 heteroatoms. The second-order valence-corrected chi connectivity index (χ2v) is 18.0. The fourth-order valence-corrected chi connectivity index (χ4v) is 8.82. The Labute approximate surface area is 376 Å². The molecule has 3 aliphatic rings. The summed E-state index contributed by atoms with van der Waals surface area (Å²) in [6.07, 6.45) is -3.70. The maximum Gasteiger partial charge on any atom is 0.410 e. The third-order valence-corrected chi connectivity index (χ3v) is 12.4. The zero-order valence-corrected chi connectivity index (χ0v) is 38.3. The summed E-state index contributed by atoms with van der Waals surface area (Å²) in [5, 5.41) is 0.865. The summed E-state index contributed by atoms with van der Waals surface area (Å²) < 4.78 is 42.0. The highest BCUT2D eigenvalue weighted by atomic mass is 16.7. The minimum absolute atomic E-state index is 0.128. The third kappa shape index (κ3) is 8.73. The Morgan fingerprint density at radius 1 is 1.03 bits per heavy atom. The molecule has 3 aliphatic heterocycles. The first-order valence-corrected chi connectivity index (χ1v) is 21.7. The number of methoxy groups -OCH3 is 1. The van der Waals surface area contributed by atoms with E-state index in [1.807, 2.05) is 58.9 Å². The van der Waals surface area contributed by atoms with Crippen molar-refractivity contribution in [3.05, 3.63) is 86.7 Å². The van der Waals surface area contributed by atoms with Gasteiger partial charge in [-0.2, -0.15) is 0 Å². The number of nitrogens with two attached hydrogens (primary N) is 1. The quantitative estimate of drug-likeness (QED) is 0.0889. The van der Waals surface area contributed by atoms with Gasteiger partial charge in [0.05, 0.1) is 36.1 Å². The first kappa shape index (κ1) is 46.5. The fourth-order valence-electron chi connectivity index (χ4n) is 8.82. The third-order valence-electron chi connectivity index (χ3n) is 12.4. The van der Waals surface area contributed by atoms with Gasteiger partial charge in [0.25, 0.3) is 5.56 Å². The number of anilines is 1. The van der Waals surface area contributed by atoms with Crippen LogP contribution in [0.5, 0.6) is 5.75 Å². The largest absolute Gasteiger partial charge is 0.467 e. The van der Waals surface area contributed by atoms with Crippen molar-refractivity contribution in [3.8, 4) is 17.1 Å². The molecule has 6 atom stereocenters. The molecular formula is C48H56N4O13. The Morgan fingerprint density at radius 3 is 2.42 bits per heavy atom. The molecule has 2 N–H and O–H groups in total. The Hall–Kier alpha value is -6.49. The van der Waals surface area contributed by atoms with Gasteiger partial charge < -0.3 is 48.4 Å². The summed E-state index contributed by atoms with van der Waals surface area (Å²) in [5.74, 6) is -4.33. The normalized spacial score (nSPS) is 22.3. The monoisotopic (exact) mass is 896 g/mol. The number of fused-ring (bicyclic) bond motifs is 5. The maximum absolute atomic E-state index is 14.6. The van der Waals surface area contributed by atoms with Gasteiger partial charge in [-0.3, -0.25) is 9.59 Å². The number of aromatic nitrogens is 2. The summed E-state index contributed by atoms with van der Waals surface area (Å²) >= 11 is 0. The van der Waals surface area contributed by atoms with Crippen LogP contribution in [0.25, 0.3) is 22.3 Å². The number of cyclic esters (lactones) is 1. The van der Waals surface area contributed by atoms with Crippen LogP contribution in [0.1, 0.15) is 101 Å². The Bertz CT molecular complexity index is 2630. The SMILES string of the molecule is CC[C@@]1(OC(=O)c2ccc(N)cc2O[C@@H]2O[C@H](C(=O)OC)[C@@H](C)[C@H](C)[C@H]2OC(C)=O)C(=O)OCc2c1cc1n(c2=O)Cc2c-1nc1ccccc1c2CCN(C(=O)OC(C)(C)C)C(C)C. The molecule has 4 aromatic rings. The number of benzene rings is 2. The molecule has 0 radical (unpaired) electrons. The van der Waals surface area contributed by atoms with E-state index in [0.717, 1.165) is 16.5 Å². The molecular weight excluding hydrogens is 841 g/mol. The van der Waals surface area contributed by atoms with E-state index in [4.69, 9.17) is 43.9 Å². The van der Waals surface area contributed by atoms with E-state index in [2.05, 4.69) is 0 Å². The van der Waals surface area contributed by atoms with Gasteiger partial charge in [-0.05, 0) is 83.2 Å². The van der Waals surface area contributed by atoms with Crippen molar-refractivity contribution in [2.45, 2.75) is 124 Å². The van der Waals surface area contributed by atoms with Gasteiger partial charge >= 0.3 is 30.0 Å². The number of carbonyl (C=O) groups is 5. The highest BCUT2D eigenvalue weighted by Gasteiger charge is 2.52.